The van der Waals surface area contributed by atoms with Crippen LogP contribution in [0.15, 0.2) is 40.4 Å². The average molecular weight is 306 g/mol. The van der Waals surface area contributed by atoms with Crippen LogP contribution in [0.25, 0.3) is 0 Å². The molecule has 20 heavy (non-hydrogen) atoms. The number of para-hydroxylation sites is 1. The fourth-order valence-electron chi connectivity index (χ4n) is 1.74. The molecule has 0 radical (unpaired) electrons. The summed E-state index contributed by atoms with van der Waals surface area (Å²) in [6.07, 6.45) is 4.04. The molecule has 0 unspecified atom stereocenters. The van der Waals surface area contributed by atoms with Gasteiger partial charge >= 0.3 is 0 Å². The zero-order chi connectivity index (χ0) is 14.4. The maximum atomic E-state index is 4.50. The zero-order valence-corrected chi connectivity index (χ0v) is 13.4. The number of nitrogens with zero attached hydrogens (tertiary/aromatic N) is 2. The van der Waals surface area contributed by atoms with E-state index in [9.17, 15) is 0 Å². The van der Waals surface area contributed by atoms with Gasteiger partial charge in [-0.05, 0) is 31.6 Å². The predicted molar refractivity (Wildman–Crippen MR) is 89.5 cm³/mol. The fourth-order valence-corrected chi connectivity index (χ4v) is 2.67. The minimum absolute atomic E-state index is 0.757. The number of thioether (sulfide) groups is 2. The third kappa shape index (κ3) is 3.80. The molecule has 0 spiro atoms. The van der Waals surface area contributed by atoms with Crippen LogP contribution in [0.3, 0.4) is 0 Å². The van der Waals surface area contributed by atoms with Crippen molar-refractivity contribution in [2.75, 3.05) is 29.7 Å². The highest BCUT2D eigenvalue weighted by atomic mass is 32.2. The molecule has 0 saturated carbocycles. The van der Waals surface area contributed by atoms with Crippen molar-refractivity contribution < 1.29 is 0 Å². The monoisotopic (exact) mass is 306 g/mol. The van der Waals surface area contributed by atoms with Crippen LogP contribution in [0.4, 0.5) is 17.3 Å². The minimum Gasteiger partial charge on any atom is -0.370 e. The van der Waals surface area contributed by atoms with Crippen LogP contribution >= 0.6 is 23.5 Å². The molecular formula is C14H18N4S2. The van der Waals surface area contributed by atoms with Gasteiger partial charge in [-0.1, -0.05) is 23.9 Å². The Labute approximate surface area is 128 Å². The van der Waals surface area contributed by atoms with E-state index in [0.717, 1.165) is 29.0 Å². The second kappa shape index (κ2) is 7.40. The van der Waals surface area contributed by atoms with Gasteiger partial charge in [-0.3, -0.25) is 0 Å². The number of aromatic nitrogens is 2. The summed E-state index contributed by atoms with van der Waals surface area (Å²) in [4.78, 5) is 10.1. The van der Waals surface area contributed by atoms with E-state index in [1.807, 2.05) is 24.5 Å². The quantitative estimate of drug-likeness (QED) is 0.619. The summed E-state index contributed by atoms with van der Waals surface area (Å²) in [5, 5.41) is 7.36. The first kappa shape index (κ1) is 15.0. The standard InChI is InChI=1S/C14H18N4S2/c1-4-15-12-9-13(18-14(17-12)20-3)16-10-7-5-6-8-11(10)19-2/h5-9H,4H2,1-3H3,(H2,15,16,17,18). The van der Waals surface area contributed by atoms with Gasteiger partial charge in [0.05, 0.1) is 5.69 Å². The van der Waals surface area contributed by atoms with E-state index in [-0.39, 0.29) is 0 Å². The van der Waals surface area contributed by atoms with Crippen molar-refractivity contribution in [3.8, 4) is 0 Å². The van der Waals surface area contributed by atoms with Crippen molar-refractivity contribution in [3.05, 3.63) is 30.3 Å². The van der Waals surface area contributed by atoms with Crippen molar-refractivity contribution in [1.82, 2.24) is 9.97 Å². The maximum Gasteiger partial charge on any atom is 0.191 e. The second-order valence-electron chi connectivity index (χ2n) is 3.98. The van der Waals surface area contributed by atoms with Gasteiger partial charge < -0.3 is 10.6 Å². The van der Waals surface area contributed by atoms with Crippen LogP contribution in [0.1, 0.15) is 6.92 Å². The molecule has 2 N–H and O–H groups in total. The lowest BCUT2D eigenvalue weighted by Gasteiger charge is -2.12. The summed E-state index contributed by atoms with van der Waals surface area (Å²) in [5.41, 5.74) is 1.06. The third-order valence-corrected chi connectivity index (χ3v) is 3.96. The largest absolute Gasteiger partial charge is 0.370 e. The number of hydrogen-bond donors (Lipinski definition) is 2. The molecule has 0 atom stereocenters. The summed E-state index contributed by atoms with van der Waals surface area (Å²) in [6, 6.07) is 10.1. The SMILES string of the molecule is CCNc1cc(Nc2ccccc2SC)nc(SC)n1. The highest BCUT2D eigenvalue weighted by Gasteiger charge is 2.06. The van der Waals surface area contributed by atoms with Crippen LogP contribution in [0.5, 0.6) is 0 Å². The molecule has 0 aliphatic heterocycles. The molecule has 0 fully saturated rings. The van der Waals surface area contributed by atoms with Crippen LogP contribution in [0, 0.1) is 0 Å². The third-order valence-electron chi connectivity index (χ3n) is 2.62. The Morgan fingerprint density at radius 2 is 1.80 bits per heavy atom. The normalized spacial score (nSPS) is 10.3. The summed E-state index contributed by atoms with van der Waals surface area (Å²) >= 11 is 3.25. The lowest BCUT2D eigenvalue weighted by molar-refractivity contribution is 0.966. The molecule has 1 heterocycles. The van der Waals surface area contributed by atoms with Crippen LogP contribution in [0.2, 0.25) is 0 Å². The summed E-state index contributed by atoms with van der Waals surface area (Å²) in [6.45, 7) is 2.89. The van der Waals surface area contributed by atoms with Crippen molar-refractivity contribution in [2.45, 2.75) is 17.0 Å². The van der Waals surface area contributed by atoms with Gasteiger partial charge in [0.15, 0.2) is 5.16 Å². The Kier molecular flexibility index (Phi) is 5.55. The molecule has 2 aromatic rings. The number of rotatable bonds is 6. The first-order valence-corrected chi connectivity index (χ1v) is 8.78. The summed E-state index contributed by atoms with van der Waals surface area (Å²) in [5.74, 6) is 1.65. The second-order valence-corrected chi connectivity index (χ2v) is 5.60. The first-order chi connectivity index (χ1) is 9.76. The minimum atomic E-state index is 0.757. The van der Waals surface area contributed by atoms with Crippen LogP contribution in [-0.2, 0) is 0 Å². The topological polar surface area (TPSA) is 49.8 Å². The van der Waals surface area contributed by atoms with Gasteiger partial charge in [0, 0.05) is 17.5 Å². The molecule has 0 amide bonds. The van der Waals surface area contributed by atoms with E-state index < -0.39 is 0 Å². The number of benzene rings is 1. The Hall–Kier alpha value is -1.40. The summed E-state index contributed by atoms with van der Waals surface area (Å²) in [7, 11) is 0. The first-order valence-electron chi connectivity index (χ1n) is 6.33. The van der Waals surface area contributed by atoms with Gasteiger partial charge in [-0.2, -0.15) is 0 Å². The molecule has 106 valence electrons. The Morgan fingerprint density at radius 3 is 2.50 bits per heavy atom. The molecule has 1 aromatic carbocycles. The number of hydrogen-bond acceptors (Lipinski definition) is 6. The smallest absolute Gasteiger partial charge is 0.191 e. The molecule has 1 aromatic heterocycles. The molecule has 0 bridgehead atoms. The van der Waals surface area contributed by atoms with Gasteiger partial charge in [-0.25, -0.2) is 9.97 Å². The average Bonchev–Trinajstić information content (AvgIpc) is 2.48. The molecule has 6 heteroatoms. The number of nitrogens with one attached hydrogen (secondary N) is 2. The van der Waals surface area contributed by atoms with Crippen molar-refractivity contribution >= 4 is 40.8 Å². The highest BCUT2D eigenvalue weighted by molar-refractivity contribution is 7.98. The lowest BCUT2D eigenvalue weighted by atomic mass is 10.3. The van der Waals surface area contributed by atoms with Crippen LogP contribution < -0.4 is 10.6 Å². The predicted octanol–water partition coefficient (Wildman–Crippen LogP) is 4.10. The van der Waals surface area contributed by atoms with Gasteiger partial charge in [0.2, 0.25) is 0 Å². The Morgan fingerprint density at radius 1 is 1.05 bits per heavy atom. The zero-order valence-electron chi connectivity index (χ0n) is 11.8. The molecule has 0 aliphatic carbocycles. The van der Waals surface area contributed by atoms with Gasteiger partial charge in [-0.15, -0.1) is 11.8 Å². The maximum absolute atomic E-state index is 4.50. The van der Waals surface area contributed by atoms with Crippen molar-refractivity contribution in [2.24, 2.45) is 0 Å². The highest BCUT2D eigenvalue weighted by Crippen LogP contribution is 2.28. The van der Waals surface area contributed by atoms with Gasteiger partial charge in [0.25, 0.3) is 0 Å². The number of anilines is 3. The Bertz CT molecular complexity index is 575. The van der Waals surface area contributed by atoms with Crippen molar-refractivity contribution in [1.29, 1.82) is 0 Å². The molecular weight excluding hydrogens is 288 g/mol. The van der Waals surface area contributed by atoms with Crippen LogP contribution in [-0.4, -0.2) is 29.0 Å². The molecule has 4 nitrogen and oxygen atoms in total. The lowest BCUT2D eigenvalue weighted by Crippen LogP contribution is -2.04. The fraction of sp³-hybridized carbons (Fsp3) is 0.286. The Balaban J connectivity index is 2.30. The van der Waals surface area contributed by atoms with Crippen molar-refractivity contribution in [3.63, 3.8) is 0 Å². The van der Waals surface area contributed by atoms with E-state index in [4.69, 9.17) is 0 Å². The van der Waals surface area contributed by atoms with E-state index in [1.54, 1.807) is 11.8 Å². The molecule has 2 rings (SSSR count). The van der Waals surface area contributed by atoms with E-state index in [2.05, 4.69) is 45.9 Å². The van der Waals surface area contributed by atoms with E-state index in [1.165, 1.54) is 16.7 Å². The molecule has 0 aliphatic rings. The van der Waals surface area contributed by atoms with E-state index >= 15 is 0 Å². The summed E-state index contributed by atoms with van der Waals surface area (Å²) < 4.78 is 0. The molecule has 0 saturated heterocycles. The van der Waals surface area contributed by atoms with Gasteiger partial charge in [0.1, 0.15) is 11.6 Å². The van der Waals surface area contributed by atoms with E-state index in [0.29, 0.717) is 0 Å².